The van der Waals surface area contributed by atoms with Gasteiger partial charge in [-0.25, -0.2) is 4.79 Å². The van der Waals surface area contributed by atoms with Crippen molar-refractivity contribution in [1.82, 2.24) is 5.32 Å². The first kappa shape index (κ1) is 15.7. The van der Waals surface area contributed by atoms with E-state index in [4.69, 9.17) is 22.1 Å². The van der Waals surface area contributed by atoms with Crippen LogP contribution in [0.15, 0.2) is 48.5 Å². The zero-order valence-corrected chi connectivity index (χ0v) is 12.3. The van der Waals surface area contributed by atoms with Gasteiger partial charge in [0.2, 0.25) is 5.91 Å². The second-order valence-corrected chi connectivity index (χ2v) is 4.70. The number of benzene rings is 2. The molecule has 0 aromatic heterocycles. The Hall–Kier alpha value is -2.73. The zero-order chi connectivity index (χ0) is 15.9. The van der Waals surface area contributed by atoms with E-state index in [0.29, 0.717) is 22.2 Å². The Labute approximate surface area is 132 Å². The fraction of sp³-hybridized carbons (Fsp3) is 0.0667. The molecular formula is C15H14ClN3O3. The number of ether oxygens (including phenoxy) is 1. The van der Waals surface area contributed by atoms with Gasteiger partial charge >= 0.3 is 6.03 Å². The number of carbonyl (C=O) groups is 2. The Kier molecular flexibility index (Phi) is 5.21. The predicted molar refractivity (Wildman–Crippen MR) is 84.2 cm³/mol. The summed E-state index contributed by atoms with van der Waals surface area (Å²) in [6.45, 7) is -0.119. The molecule has 0 heterocycles. The summed E-state index contributed by atoms with van der Waals surface area (Å²) in [6, 6.07) is 13.2. The van der Waals surface area contributed by atoms with Crippen LogP contribution in [0.1, 0.15) is 0 Å². The molecule has 0 fully saturated rings. The average Bonchev–Trinajstić information content (AvgIpc) is 2.48. The minimum absolute atomic E-state index is 0.119. The van der Waals surface area contributed by atoms with Crippen LogP contribution in [0.5, 0.6) is 11.5 Å². The highest BCUT2D eigenvalue weighted by molar-refractivity contribution is 6.32. The number of hydrogen-bond acceptors (Lipinski definition) is 4. The van der Waals surface area contributed by atoms with Crippen LogP contribution >= 0.6 is 11.6 Å². The minimum Gasteiger partial charge on any atom is -0.454 e. The third-order valence-electron chi connectivity index (χ3n) is 2.65. The molecule has 0 unspecified atom stereocenters. The highest BCUT2D eigenvalue weighted by Gasteiger charge is 2.09. The third kappa shape index (κ3) is 4.39. The average molecular weight is 320 g/mol. The molecule has 22 heavy (non-hydrogen) atoms. The highest BCUT2D eigenvalue weighted by atomic mass is 35.5. The molecule has 0 saturated carbocycles. The van der Waals surface area contributed by atoms with Gasteiger partial charge in [-0.1, -0.05) is 35.9 Å². The van der Waals surface area contributed by atoms with Gasteiger partial charge in [-0.15, -0.1) is 0 Å². The van der Waals surface area contributed by atoms with E-state index in [1.165, 1.54) is 0 Å². The van der Waals surface area contributed by atoms with E-state index in [2.05, 4.69) is 5.32 Å². The number of rotatable bonds is 5. The van der Waals surface area contributed by atoms with E-state index >= 15 is 0 Å². The summed E-state index contributed by atoms with van der Waals surface area (Å²) in [6.07, 6.45) is 0. The summed E-state index contributed by atoms with van der Waals surface area (Å²) < 4.78 is 5.74. The second kappa shape index (κ2) is 7.33. The number of hydrogen-bond donors (Lipinski definition) is 3. The lowest BCUT2D eigenvalue weighted by Crippen LogP contribution is -2.38. The Balaban J connectivity index is 2.09. The van der Waals surface area contributed by atoms with Crippen LogP contribution in [0.25, 0.3) is 0 Å². The molecule has 3 amide bonds. The summed E-state index contributed by atoms with van der Waals surface area (Å²) >= 11 is 6.05. The van der Waals surface area contributed by atoms with Crippen LogP contribution < -0.4 is 21.1 Å². The number of urea groups is 1. The van der Waals surface area contributed by atoms with Crippen LogP contribution in [-0.2, 0) is 4.79 Å². The van der Waals surface area contributed by atoms with E-state index in [0.717, 1.165) is 0 Å². The second-order valence-electron chi connectivity index (χ2n) is 4.29. The molecule has 2 aromatic rings. The SMILES string of the molecule is NC(=O)NC(=O)CNc1ccccc1Oc1ccccc1Cl. The molecule has 0 aliphatic carbocycles. The fourth-order valence-corrected chi connectivity index (χ4v) is 1.88. The normalized spacial score (nSPS) is 9.86. The highest BCUT2D eigenvalue weighted by Crippen LogP contribution is 2.33. The van der Waals surface area contributed by atoms with Crippen LogP contribution in [0.2, 0.25) is 5.02 Å². The van der Waals surface area contributed by atoms with E-state index in [9.17, 15) is 9.59 Å². The van der Waals surface area contributed by atoms with Gasteiger partial charge in [0.05, 0.1) is 17.3 Å². The van der Waals surface area contributed by atoms with Crippen molar-refractivity contribution in [2.45, 2.75) is 0 Å². The molecular weight excluding hydrogens is 306 g/mol. The number of amides is 3. The molecule has 0 saturated heterocycles. The van der Waals surface area contributed by atoms with E-state index in [1.807, 2.05) is 5.32 Å². The van der Waals surface area contributed by atoms with Crippen molar-refractivity contribution in [3.8, 4) is 11.5 Å². The Morgan fingerprint density at radius 2 is 1.68 bits per heavy atom. The van der Waals surface area contributed by atoms with Crippen LogP contribution in [0.4, 0.5) is 10.5 Å². The number of imide groups is 1. The standard InChI is InChI=1S/C15H14ClN3O3/c16-10-5-1-3-7-12(10)22-13-8-4-2-6-11(13)18-9-14(20)19-15(17)21/h1-8,18H,9H2,(H3,17,19,20,21). The van der Waals surface area contributed by atoms with Gasteiger partial charge in [0.1, 0.15) is 5.75 Å². The maximum absolute atomic E-state index is 11.4. The number of carbonyl (C=O) groups excluding carboxylic acids is 2. The van der Waals surface area contributed by atoms with Gasteiger partial charge in [-0.2, -0.15) is 0 Å². The van der Waals surface area contributed by atoms with Crippen molar-refractivity contribution in [3.63, 3.8) is 0 Å². The maximum Gasteiger partial charge on any atom is 0.318 e. The number of primary amides is 1. The molecule has 4 N–H and O–H groups in total. The van der Waals surface area contributed by atoms with E-state index in [1.54, 1.807) is 48.5 Å². The van der Waals surface area contributed by atoms with E-state index < -0.39 is 11.9 Å². The maximum atomic E-state index is 11.4. The summed E-state index contributed by atoms with van der Waals surface area (Å²) in [4.78, 5) is 22.0. The van der Waals surface area contributed by atoms with Gasteiger partial charge in [-0.3, -0.25) is 10.1 Å². The lowest BCUT2D eigenvalue weighted by molar-refractivity contribution is -0.118. The molecule has 2 rings (SSSR count). The smallest absolute Gasteiger partial charge is 0.318 e. The number of nitrogens with two attached hydrogens (primary N) is 1. The first-order chi connectivity index (χ1) is 10.6. The third-order valence-corrected chi connectivity index (χ3v) is 2.96. The summed E-state index contributed by atoms with van der Waals surface area (Å²) in [5.74, 6) is 0.461. The van der Waals surface area contributed by atoms with Gasteiger partial charge in [0.15, 0.2) is 5.75 Å². The molecule has 2 aromatic carbocycles. The molecule has 0 radical (unpaired) electrons. The predicted octanol–water partition coefficient (Wildman–Crippen LogP) is 2.74. The van der Waals surface area contributed by atoms with Crippen molar-refractivity contribution < 1.29 is 14.3 Å². The number of nitrogens with one attached hydrogen (secondary N) is 2. The molecule has 0 atom stereocenters. The van der Waals surface area contributed by atoms with Crippen molar-refractivity contribution in [2.24, 2.45) is 5.73 Å². The topological polar surface area (TPSA) is 93.5 Å². The van der Waals surface area contributed by atoms with Gasteiger partial charge in [0.25, 0.3) is 0 Å². The first-order valence-electron chi connectivity index (χ1n) is 6.41. The zero-order valence-electron chi connectivity index (χ0n) is 11.5. The lowest BCUT2D eigenvalue weighted by atomic mass is 10.3. The van der Waals surface area contributed by atoms with Gasteiger partial charge < -0.3 is 15.8 Å². The molecule has 7 heteroatoms. The summed E-state index contributed by atoms with van der Waals surface area (Å²) in [7, 11) is 0. The van der Waals surface area contributed by atoms with Crippen molar-refractivity contribution in [3.05, 3.63) is 53.6 Å². The minimum atomic E-state index is -0.896. The van der Waals surface area contributed by atoms with Crippen LogP contribution in [0, 0.1) is 0 Å². The van der Waals surface area contributed by atoms with Crippen LogP contribution in [-0.4, -0.2) is 18.5 Å². The molecule has 0 aliphatic rings. The Morgan fingerprint density at radius 3 is 2.36 bits per heavy atom. The monoisotopic (exact) mass is 319 g/mol. The van der Waals surface area contributed by atoms with Crippen molar-refractivity contribution >= 4 is 29.2 Å². The Bertz CT molecular complexity index is 691. The number of anilines is 1. The Morgan fingerprint density at radius 1 is 1.05 bits per heavy atom. The molecule has 0 spiro atoms. The molecule has 0 bridgehead atoms. The largest absolute Gasteiger partial charge is 0.454 e. The van der Waals surface area contributed by atoms with Gasteiger partial charge in [-0.05, 0) is 24.3 Å². The number of para-hydroxylation sites is 3. The van der Waals surface area contributed by atoms with Crippen LogP contribution in [0.3, 0.4) is 0 Å². The summed E-state index contributed by atoms with van der Waals surface area (Å²) in [5.41, 5.74) is 5.46. The fourth-order valence-electron chi connectivity index (χ4n) is 1.70. The molecule has 114 valence electrons. The lowest BCUT2D eigenvalue weighted by Gasteiger charge is -2.13. The molecule has 0 aliphatic heterocycles. The number of halogens is 1. The quantitative estimate of drug-likeness (QED) is 0.790. The van der Waals surface area contributed by atoms with Gasteiger partial charge in [0, 0.05) is 0 Å². The first-order valence-corrected chi connectivity index (χ1v) is 6.78. The summed E-state index contributed by atoms with van der Waals surface area (Å²) in [5, 5.41) is 5.31. The molecule has 6 nitrogen and oxygen atoms in total. The van der Waals surface area contributed by atoms with Crippen molar-refractivity contribution in [1.29, 1.82) is 0 Å². The van der Waals surface area contributed by atoms with Crippen molar-refractivity contribution in [2.75, 3.05) is 11.9 Å². The van der Waals surface area contributed by atoms with E-state index in [-0.39, 0.29) is 6.54 Å².